The Balaban J connectivity index is 1.54. The fourth-order valence-electron chi connectivity index (χ4n) is 2.70. The Hall–Kier alpha value is -1.65. The lowest BCUT2D eigenvalue weighted by atomic mass is 10.1. The zero-order valence-electron chi connectivity index (χ0n) is 12.9. The maximum Gasteiger partial charge on any atom is 0.246 e. The van der Waals surface area contributed by atoms with Crippen LogP contribution in [0, 0.1) is 0 Å². The minimum Gasteiger partial charge on any atom is -0.368 e. The first-order valence-corrected chi connectivity index (χ1v) is 10.0. The maximum atomic E-state index is 12.3. The summed E-state index contributed by atoms with van der Waals surface area (Å²) in [7, 11) is -3.37. The maximum absolute atomic E-state index is 12.3. The fraction of sp³-hybridized carbons (Fsp3) is 0.429. The van der Waals surface area contributed by atoms with E-state index in [4.69, 9.17) is 5.73 Å². The smallest absolute Gasteiger partial charge is 0.246 e. The molecule has 1 aromatic heterocycles. The fourth-order valence-corrected chi connectivity index (χ4v) is 4.42. The molecule has 0 bridgehead atoms. The molecule has 1 fully saturated rings. The molecule has 1 aliphatic rings. The second kappa shape index (κ2) is 7.08. The Kier molecular flexibility index (Phi) is 5.07. The molecule has 24 heavy (non-hydrogen) atoms. The lowest BCUT2D eigenvalue weighted by Crippen LogP contribution is -2.45. The van der Waals surface area contributed by atoms with Gasteiger partial charge in [-0.15, -0.1) is 5.10 Å². The van der Waals surface area contributed by atoms with Gasteiger partial charge in [-0.2, -0.15) is 4.98 Å². The molecule has 130 valence electrons. The Bertz CT molecular complexity index is 784. The van der Waals surface area contributed by atoms with Crippen LogP contribution < -0.4 is 15.4 Å². The molecule has 1 aliphatic heterocycles. The number of nitrogens with zero attached hydrogens (tertiary/aromatic N) is 3. The number of anilines is 2. The third-order valence-electron chi connectivity index (χ3n) is 3.88. The number of benzene rings is 1. The van der Waals surface area contributed by atoms with Crippen LogP contribution in [0.2, 0.25) is 0 Å². The number of sulfonamides is 1. The summed E-state index contributed by atoms with van der Waals surface area (Å²) in [4.78, 5) is 6.08. The van der Waals surface area contributed by atoms with E-state index in [-0.39, 0.29) is 17.7 Å². The first-order valence-electron chi connectivity index (χ1n) is 7.58. The third kappa shape index (κ3) is 4.46. The number of rotatable bonds is 5. The number of hydrogen-bond donors (Lipinski definition) is 3. The Morgan fingerprint density at radius 1 is 1.29 bits per heavy atom. The Morgan fingerprint density at radius 3 is 2.54 bits per heavy atom. The number of nitrogens with one attached hydrogen (secondary N) is 2. The van der Waals surface area contributed by atoms with Crippen LogP contribution in [0.3, 0.4) is 0 Å². The van der Waals surface area contributed by atoms with Gasteiger partial charge < -0.3 is 10.6 Å². The SMILES string of the molecule is Nc1nc(N2CCC(NS(=O)(=O)Cc3ccc(Br)cc3)CC2)n[nH]1. The van der Waals surface area contributed by atoms with Crippen molar-refractivity contribution in [2.75, 3.05) is 23.7 Å². The molecule has 4 N–H and O–H groups in total. The first-order chi connectivity index (χ1) is 11.4. The number of nitrogen functional groups attached to an aromatic ring is 1. The van der Waals surface area contributed by atoms with Crippen molar-refractivity contribution in [3.63, 3.8) is 0 Å². The topological polar surface area (TPSA) is 117 Å². The molecule has 0 saturated carbocycles. The van der Waals surface area contributed by atoms with Gasteiger partial charge in [0.25, 0.3) is 0 Å². The zero-order chi connectivity index (χ0) is 17.2. The molecule has 1 aromatic carbocycles. The minimum absolute atomic E-state index is 0.0159. The molecule has 0 unspecified atom stereocenters. The predicted octanol–water partition coefficient (Wildman–Crippen LogP) is 1.24. The van der Waals surface area contributed by atoms with Crippen molar-refractivity contribution in [2.45, 2.75) is 24.6 Å². The molecular formula is C14H19BrN6O2S. The number of hydrogen-bond acceptors (Lipinski definition) is 6. The summed E-state index contributed by atoms with van der Waals surface area (Å²) in [5.74, 6) is 0.823. The third-order valence-corrected chi connectivity index (χ3v) is 5.82. The summed E-state index contributed by atoms with van der Waals surface area (Å²) in [5, 5.41) is 6.63. The van der Waals surface area contributed by atoms with Gasteiger partial charge in [-0.3, -0.25) is 0 Å². The van der Waals surface area contributed by atoms with E-state index in [1.807, 2.05) is 17.0 Å². The highest BCUT2D eigenvalue weighted by Gasteiger charge is 2.25. The van der Waals surface area contributed by atoms with Crippen molar-refractivity contribution in [2.24, 2.45) is 0 Å². The number of aromatic amines is 1. The average Bonchev–Trinajstić information content (AvgIpc) is 2.96. The minimum atomic E-state index is -3.37. The summed E-state index contributed by atoms with van der Waals surface area (Å²) in [6.07, 6.45) is 1.40. The molecular weight excluding hydrogens is 396 g/mol. The number of H-pyrrole nitrogens is 1. The summed E-state index contributed by atoms with van der Waals surface area (Å²) in [6, 6.07) is 7.22. The van der Waals surface area contributed by atoms with Crippen molar-refractivity contribution in [1.29, 1.82) is 0 Å². The highest BCUT2D eigenvalue weighted by Crippen LogP contribution is 2.18. The summed E-state index contributed by atoms with van der Waals surface area (Å²) < 4.78 is 28.4. The van der Waals surface area contributed by atoms with Crippen molar-refractivity contribution >= 4 is 37.8 Å². The highest BCUT2D eigenvalue weighted by atomic mass is 79.9. The monoisotopic (exact) mass is 414 g/mol. The van der Waals surface area contributed by atoms with Crippen LogP contribution in [0.15, 0.2) is 28.7 Å². The number of piperidine rings is 1. The standard InChI is InChI=1S/C14H19BrN6O2S/c15-11-3-1-10(2-4-11)9-24(22,23)20-12-5-7-21(8-6-12)14-17-13(16)18-19-14/h1-4,12,20H,5-9H2,(H3,16,17,18,19). The van der Waals surface area contributed by atoms with Gasteiger partial charge in [-0.05, 0) is 30.5 Å². The first kappa shape index (κ1) is 17.2. The highest BCUT2D eigenvalue weighted by molar-refractivity contribution is 9.10. The molecule has 1 saturated heterocycles. The van der Waals surface area contributed by atoms with Crippen LogP contribution in [0.5, 0.6) is 0 Å². The molecule has 2 heterocycles. The normalized spacial score (nSPS) is 16.5. The van der Waals surface area contributed by atoms with Gasteiger partial charge >= 0.3 is 0 Å². The van der Waals surface area contributed by atoms with Crippen LogP contribution in [0.25, 0.3) is 0 Å². The molecule has 2 aromatic rings. The van der Waals surface area contributed by atoms with E-state index in [0.29, 0.717) is 31.9 Å². The summed E-state index contributed by atoms with van der Waals surface area (Å²) >= 11 is 3.34. The van der Waals surface area contributed by atoms with Crippen LogP contribution in [-0.2, 0) is 15.8 Å². The van der Waals surface area contributed by atoms with Gasteiger partial charge in [0, 0.05) is 23.6 Å². The largest absolute Gasteiger partial charge is 0.368 e. The zero-order valence-corrected chi connectivity index (χ0v) is 15.3. The van der Waals surface area contributed by atoms with E-state index in [1.54, 1.807) is 12.1 Å². The Labute approximate surface area is 149 Å². The molecule has 0 aliphatic carbocycles. The van der Waals surface area contributed by atoms with Crippen molar-refractivity contribution < 1.29 is 8.42 Å². The van der Waals surface area contributed by atoms with E-state index >= 15 is 0 Å². The van der Waals surface area contributed by atoms with Crippen molar-refractivity contribution in [3.8, 4) is 0 Å². The molecule has 0 amide bonds. The molecule has 0 spiro atoms. The number of nitrogens with two attached hydrogens (primary N) is 1. The van der Waals surface area contributed by atoms with Gasteiger partial charge in [-0.25, -0.2) is 18.2 Å². The Morgan fingerprint density at radius 2 is 1.96 bits per heavy atom. The lowest BCUT2D eigenvalue weighted by molar-refractivity contribution is 0.456. The van der Waals surface area contributed by atoms with Gasteiger partial charge in [-0.1, -0.05) is 28.1 Å². The van der Waals surface area contributed by atoms with Crippen LogP contribution in [0.4, 0.5) is 11.9 Å². The molecule has 8 nitrogen and oxygen atoms in total. The van der Waals surface area contributed by atoms with E-state index in [9.17, 15) is 8.42 Å². The van der Waals surface area contributed by atoms with Gasteiger partial charge in [0.05, 0.1) is 5.75 Å². The van der Waals surface area contributed by atoms with E-state index in [2.05, 4.69) is 35.8 Å². The van der Waals surface area contributed by atoms with Crippen molar-refractivity contribution in [3.05, 3.63) is 34.3 Å². The second-order valence-electron chi connectivity index (χ2n) is 5.79. The quantitative estimate of drug-likeness (QED) is 0.677. The van der Waals surface area contributed by atoms with E-state index in [0.717, 1.165) is 10.0 Å². The van der Waals surface area contributed by atoms with Gasteiger partial charge in [0.1, 0.15) is 0 Å². The molecule has 0 radical (unpaired) electrons. The van der Waals surface area contributed by atoms with Crippen LogP contribution in [0.1, 0.15) is 18.4 Å². The molecule has 0 atom stereocenters. The lowest BCUT2D eigenvalue weighted by Gasteiger charge is -2.31. The summed E-state index contributed by atoms with van der Waals surface area (Å²) in [6.45, 7) is 1.37. The number of halogens is 1. The number of aromatic nitrogens is 3. The average molecular weight is 415 g/mol. The van der Waals surface area contributed by atoms with Crippen LogP contribution >= 0.6 is 15.9 Å². The summed E-state index contributed by atoms with van der Waals surface area (Å²) in [5.41, 5.74) is 6.29. The predicted molar refractivity (Wildman–Crippen MR) is 95.9 cm³/mol. The molecule has 3 rings (SSSR count). The van der Waals surface area contributed by atoms with E-state index < -0.39 is 10.0 Å². The van der Waals surface area contributed by atoms with Gasteiger partial charge in [0.2, 0.25) is 21.9 Å². The van der Waals surface area contributed by atoms with Gasteiger partial charge in [0.15, 0.2) is 0 Å². The van der Waals surface area contributed by atoms with Crippen LogP contribution in [-0.4, -0.2) is 42.7 Å². The molecule has 10 heteroatoms. The van der Waals surface area contributed by atoms with Crippen molar-refractivity contribution in [1.82, 2.24) is 19.9 Å². The second-order valence-corrected chi connectivity index (χ2v) is 8.45. The van der Waals surface area contributed by atoms with E-state index in [1.165, 1.54) is 0 Å².